The van der Waals surface area contributed by atoms with Crippen LogP contribution in [0.5, 0.6) is 17.2 Å². The van der Waals surface area contributed by atoms with Gasteiger partial charge in [0.15, 0.2) is 0 Å². The Kier molecular flexibility index (Phi) is 6.17. The highest BCUT2D eigenvalue weighted by Gasteiger charge is 2.13. The van der Waals surface area contributed by atoms with E-state index in [1.807, 2.05) is 73.7 Å². The Morgan fingerprint density at radius 2 is 1.48 bits per heavy atom. The summed E-state index contributed by atoms with van der Waals surface area (Å²) in [5, 5.41) is 0.584. The molecule has 4 rings (SSSR count). The molecule has 3 aromatic carbocycles. The zero-order chi connectivity index (χ0) is 21.6. The molecule has 0 saturated heterocycles. The summed E-state index contributed by atoms with van der Waals surface area (Å²) in [4.78, 5) is 18.0. The highest BCUT2D eigenvalue weighted by atomic mass is 16.5. The molecule has 0 aliphatic rings. The van der Waals surface area contributed by atoms with Crippen molar-refractivity contribution in [1.29, 1.82) is 0 Å². The summed E-state index contributed by atoms with van der Waals surface area (Å²) < 4.78 is 18.2. The van der Waals surface area contributed by atoms with Crippen LogP contribution in [0.15, 0.2) is 77.6 Å². The lowest BCUT2D eigenvalue weighted by Gasteiger charge is -2.15. The summed E-state index contributed by atoms with van der Waals surface area (Å²) in [6.07, 6.45) is 0. The van der Waals surface area contributed by atoms with Crippen molar-refractivity contribution in [3.05, 3.63) is 83.2 Å². The van der Waals surface area contributed by atoms with Gasteiger partial charge in [-0.25, -0.2) is 4.98 Å². The van der Waals surface area contributed by atoms with E-state index in [1.54, 1.807) is 17.7 Å². The molecule has 0 radical (unpaired) electrons. The Morgan fingerprint density at radius 3 is 2.16 bits per heavy atom. The summed E-state index contributed by atoms with van der Waals surface area (Å²) >= 11 is 0. The van der Waals surface area contributed by atoms with Gasteiger partial charge in [0, 0.05) is 5.56 Å². The number of hydrogen-bond donors (Lipinski definition) is 0. The van der Waals surface area contributed by atoms with Gasteiger partial charge >= 0.3 is 0 Å². The van der Waals surface area contributed by atoms with E-state index in [9.17, 15) is 4.79 Å². The van der Waals surface area contributed by atoms with Crippen LogP contribution in [0.4, 0.5) is 0 Å². The molecule has 0 bridgehead atoms. The molecule has 0 amide bonds. The summed E-state index contributed by atoms with van der Waals surface area (Å²) in [5.41, 5.74) is 1.42. The molecule has 0 fully saturated rings. The molecule has 0 aliphatic carbocycles. The Hall–Kier alpha value is -3.80. The lowest BCUT2D eigenvalue weighted by atomic mass is 10.1. The van der Waals surface area contributed by atoms with Crippen molar-refractivity contribution < 1.29 is 14.2 Å². The molecule has 0 N–H and O–H groups in total. The molecular weight excluding hydrogens is 392 g/mol. The Bertz CT molecular complexity index is 1220. The van der Waals surface area contributed by atoms with Gasteiger partial charge in [0.05, 0.1) is 31.2 Å². The molecule has 6 heteroatoms. The van der Waals surface area contributed by atoms with Crippen LogP contribution in [-0.2, 0) is 6.54 Å². The van der Waals surface area contributed by atoms with Crippen LogP contribution in [0.25, 0.3) is 22.3 Å². The Balaban J connectivity index is 1.63. The lowest BCUT2D eigenvalue weighted by molar-refractivity contribution is 0.295. The molecule has 0 atom stereocenters. The molecule has 1 aromatic heterocycles. The number of ether oxygens (including phenoxy) is 3. The topological polar surface area (TPSA) is 62.6 Å². The van der Waals surface area contributed by atoms with Crippen molar-refractivity contribution >= 4 is 10.9 Å². The van der Waals surface area contributed by atoms with Crippen molar-refractivity contribution in [3.63, 3.8) is 0 Å². The summed E-state index contributed by atoms with van der Waals surface area (Å²) in [5.74, 6) is 2.86. The number of hydrogen-bond acceptors (Lipinski definition) is 5. The van der Waals surface area contributed by atoms with Crippen molar-refractivity contribution in [2.45, 2.75) is 13.5 Å². The average molecular weight is 416 g/mol. The van der Waals surface area contributed by atoms with E-state index in [-0.39, 0.29) is 5.56 Å². The molecular formula is C25H24N2O4. The summed E-state index contributed by atoms with van der Waals surface area (Å²) in [7, 11) is 1.62. The molecule has 0 unspecified atom stereocenters. The first-order valence-corrected chi connectivity index (χ1v) is 10.2. The van der Waals surface area contributed by atoms with Gasteiger partial charge in [-0.15, -0.1) is 0 Å². The second-order valence-corrected chi connectivity index (χ2v) is 6.89. The first-order valence-electron chi connectivity index (χ1n) is 10.2. The summed E-state index contributed by atoms with van der Waals surface area (Å²) in [6, 6.07) is 22.3. The van der Waals surface area contributed by atoms with Gasteiger partial charge in [-0.3, -0.25) is 9.36 Å². The van der Waals surface area contributed by atoms with Crippen LogP contribution < -0.4 is 19.8 Å². The van der Waals surface area contributed by atoms with Gasteiger partial charge in [0.2, 0.25) is 0 Å². The van der Waals surface area contributed by atoms with Crippen molar-refractivity contribution in [3.8, 4) is 28.6 Å². The normalized spacial score (nSPS) is 10.8. The van der Waals surface area contributed by atoms with Gasteiger partial charge in [0.25, 0.3) is 5.56 Å². The van der Waals surface area contributed by atoms with Crippen LogP contribution in [-0.4, -0.2) is 29.9 Å². The quantitative estimate of drug-likeness (QED) is 0.422. The first kappa shape index (κ1) is 20.5. The fraction of sp³-hybridized carbons (Fsp3) is 0.200. The molecule has 1 heterocycles. The minimum atomic E-state index is -0.0910. The highest BCUT2D eigenvalue weighted by Crippen LogP contribution is 2.22. The smallest absolute Gasteiger partial charge is 0.261 e. The summed E-state index contributed by atoms with van der Waals surface area (Å²) in [6.45, 7) is 3.26. The van der Waals surface area contributed by atoms with E-state index >= 15 is 0 Å². The van der Waals surface area contributed by atoms with E-state index in [1.165, 1.54) is 0 Å². The molecule has 0 saturated carbocycles. The predicted octanol–water partition coefficient (Wildman–Crippen LogP) is 4.55. The number of benzene rings is 3. The van der Waals surface area contributed by atoms with E-state index < -0.39 is 0 Å². The third-order valence-electron chi connectivity index (χ3n) is 4.93. The minimum absolute atomic E-state index is 0.0910. The van der Waals surface area contributed by atoms with Gasteiger partial charge < -0.3 is 14.2 Å². The van der Waals surface area contributed by atoms with Crippen LogP contribution in [0.2, 0.25) is 0 Å². The molecule has 158 valence electrons. The van der Waals surface area contributed by atoms with E-state index in [0.717, 1.165) is 22.8 Å². The van der Waals surface area contributed by atoms with Crippen molar-refractivity contribution in [2.24, 2.45) is 0 Å². The number of fused-ring (bicyclic) bond motifs is 1. The predicted molar refractivity (Wildman–Crippen MR) is 121 cm³/mol. The van der Waals surface area contributed by atoms with Crippen LogP contribution in [0.3, 0.4) is 0 Å². The van der Waals surface area contributed by atoms with E-state index in [2.05, 4.69) is 0 Å². The van der Waals surface area contributed by atoms with Gasteiger partial charge in [0.1, 0.15) is 29.7 Å². The largest absolute Gasteiger partial charge is 0.497 e. The third-order valence-corrected chi connectivity index (χ3v) is 4.93. The van der Waals surface area contributed by atoms with Gasteiger partial charge in [-0.1, -0.05) is 12.1 Å². The fourth-order valence-electron chi connectivity index (χ4n) is 3.39. The molecule has 6 nitrogen and oxygen atoms in total. The molecule has 31 heavy (non-hydrogen) atoms. The SMILES string of the molecule is CCOc1ccc(OCCn2c(-c3ccc(OC)cc3)nc3ccccc3c2=O)cc1. The Labute approximate surface area is 180 Å². The maximum Gasteiger partial charge on any atom is 0.261 e. The molecule has 0 aliphatic heterocycles. The van der Waals surface area contributed by atoms with Gasteiger partial charge in [-0.2, -0.15) is 0 Å². The van der Waals surface area contributed by atoms with Crippen LogP contribution in [0, 0.1) is 0 Å². The van der Waals surface area contributed by atoms with Crippen molar-refractivity contribution in [1.82, 2.24) is 9.55 Å². The maximum atomic E-state index is 13.2. The number of nitrogens with zero attached hydrogens (tertiary/aromatic N) is 2. The highest BCUT2D eigenvalue weighted by molar-refractivity contribution is 5.79. The second kappa shape index (κ2) is 9.34. The average Bonchev–Trinajstić information content (AvgIpc) is 2.82. The standard InChI is InChI=1S/C25H24N2O4/c1-3-30-20-12-14-21(15-13-20)31-17-16-27-24(18-8-10-19(29-2)11-9-18)26-23-7-5-4-6-22(23)25(27)28/h4-15H,3,16-17H2,1-2H3. The van der Waals surface area contributed by atoms with Crippen LogP contribution in [0.1, 0.15) is 6.92 Å². The molecule has 4 aromatic rings. The van der Waals surface area contributed by atoms with Crippen molar-refractivity contribution in [2.75, 3.05) is 20.3 Å². The zero-order valence-electron chi connectivity index (χ0n) is 17.6. The van der Waals surface area contributed by atoms with E-state index in [4.69, 9.17) is 19.2 Å². The van der Waals surface area contributed by atoms with E-state index in [0.29, 0.717) is 36.5 Å². The third kappa shape index (κ3) is 4.53. The monoisotopic (exact) mass is 416 g/mol. The second-order valence-electron chi connectivity index (χ2n) is 6.89. The first-order chi connectivity index (χ1) is 15.2. The molecule has 0 spiro atoms. The fourth-order valence-corrected chi connectivity index (χ4v) is 3.39. The number of para-hydroxylation sites is 1. The number of methoxy groups -OCH3 is 1. The zero-order valence-corrected chi connectivity index (χ0v) is 17.6. The lowest BCUT2D eigenvalue weighted by Crippen LogP contribution is -2.26. The maximum absolute atomic E-state index is 13.2. The van der Waals surface area contributed by atoms with Gasteiger partial charge in [-0.05, 0) is 67.6 Å². The number of rotatable bonds is 8. The minimum Gasteiger partial charge on any atom is -0.497 e. The number of aromatic nitrogens is 2. The Morgan fingerprint density at radius 1 is 0.839 bits per heavy atom. The van der Waals surface area contributed by atoms with Crippen LogP contribution >= 0.6 is 0 Å².